The van der Waals surface area contributed by atoms with Crippen molar-refractivity contribution in [1.82, 2.24) is 0 Å². The molecular weight excluding hydrogens is 499 g/mol. The first-order chi connectivity index (χ1) is 18.1. The van der Waals surface area contributed by atoms with E-state index in [4.69, 9.17) is 4.74 Å². The van der Waals surface area contributed by atoms with Crippen molar-refractivity contribution in [1.29, 1.82) is 0 Å². The van der Waals surface area contributed by atoms with Gasteiger partial charge >= 0.3 is 12.5 Å². The van der Waals surface area contributed by atoms with E-state index in [1.54, 1.807) is 12.1 Å². The van der Waals surface area contributed by atoms with E-state index >= 15 is 0 Å². The molecule has 0 bridgehead atoms. The van der Waals surface area contributed by atoms with Crippen LogP contribution in [0.2, 0.25) is 0 Å². The lowest BCUT2D eigenvalue weighted by molar-refractivity contribution is -0.274. The highest BCUT2D eigenvalue weighted by Crippen LogP contribution is 2.41. The summed E-state index contributed by atoms with van der Waals surface area (Å²) in [7, 11) is 0. The summed E-state index contributed by atoms with van der Waals surface area (Å²) in [6.07, 6.45) is 7.12. The maximum atomic E-state index is 14.7. The van der Waals surface area contributed by atoms with Gasteiger partial charge in [0, 0.05) is 0 Å². The molecule has 7 heteroatoms. The molecule has 2 saturated carbocycles. The number of hydrogen-bond donors (Lipinski definition) is 0. The zero-order valence-electron chi connectivity index (χ0n) is 22.1. The molecule has 38 heavy (non-hydrogen) atoms. The molecule has 0 atom stereocenters. The van der Waals surface area contributed by atoms with Gasteiger partial charge in [-0.3, -0.25) is 0 Å². The molecule has 0 amide bonds. The third-order valence-electron chi connectivity index (χ3n) is 8.51. The molecule has 0 aromatic heterocycles. The maximum Gasteiger partial charge on any atom is 0.573 e. The van der Waals surface area contributed by atoms with E-state index < -0.39 is 18.2 Å². The van der Waals surface area contributed by atoms with E-state index in [-0.39, 0.29) is 11.3 Å². The SMILES string of the molecule is CCC[C@H]1CC[C@H](CC[C@H]2CC[C@H](c3ccc(C(F)(F)Oc4ccc(OC(F)(F)F)cc4)cc3)CC2)CC1. The van der Waals surface area contributed by atoms with Crippen LogP contribution in [0.1, 0.15) is 101 Å². The smallest absolute Gasteiger partial charge is 0.429 e. The Bertz CT molecular complexity index is 971. The largest absolute Gasteiger partial charge is 0.573 e. The summed E-state index contributed by atoms with van der Waals surface area (Å²) < 4.78 is 74.8. The fraction of sp³-hybridized carbons (Fsp3) is 0.613. The van der Waals surface area contributed by atoms with E-state index in [0.717, 1.165) is 60.4 Å². The molecule has 2 aromatic carbocycles. The Hall–Kier alpha value is -2.31. The van der Waals surface area contributed by atoms with Crippen LogP contribution in [0.4, 0.5) is 22.0 Å². The highest BCUT2D eigenvalue weighted by molar-refractivity contribution is 5.33. The van der Waals surface area contributed by atoms with Crippen molar-refractivity contribution in [2.45, 2.75) is 102 Å². The Labute approximate surface area is 222 Å². The van der Waals surface area contributed by atoms with E-state index in [1.165, 1.54) is 76.3 Å². The van der Waals surface area contributed by atoms with Gasteiger partial charge in [-0.05, 0) is 91.3 Å². The highest BCUT2D eigenvalue weighted by atomic mass is 19.4. The maximum absolute atomic E-state index is 14.7. The van der Waals surface area contributed by atoms with Gasteiger partial charge in [-0.15, -0.1) is 13.2 Å². The van der Waals surface area contributed by atoms with Crippen LogP contribution in [0.3, 0.4) is 0 Å². The van der Waals surface area contributed by atoms with Crippen molar-refractivity contribution < 1.29 is 31.4 Å². The Kier molecular flexibility index (Phi) is 9.59. The van der Waals surface area contributed by atoms with Crippen LogP contribution in [0.15, 0.2) is 48.5 Å². The quantitative estimate of drug-likeness (QED) is 0.280. The molecule has 2 fully saturated rings. The van der Waals surface area contributed by atoms with Crippen LogP contribution in [-0.4, -0.2) is 6.36 Å². The number of rotatable bonds is 10. The zero-order valence-corrected chi connectivity index (χ0v) is 22.1. The second kappa shape index (κ2) is 12.7. The normalized spacial score (nSPS) is 24.7. The first-order valence-corrected chi connectivity index (χ1v) is 14.1. The Morgan fingerprint density at radius 3 is 1.53 bits per heavy atom. The standard InChI is InChI=1S/C31H39F5O2/c1-2-3-22-4-6-23(7-5-22)8-9-24-10-12-25(13-11-24)26-14-16-27(17-15-26)30(32,33)37-28-18-20-29(21-19-28)38-31(34,35)36/h14-25H,2-13H2,1H3/t22-,23-,24-,25-. The zero-order chi connectivity index (χ0) is 27.2. The predicted octanol–water partition coefficient (Wildman–Crippen LogP) is 10.4. The molecule has 0 heterocycles. The van der Waals surface area contributed by atoms with E-state index in [1.807, 2.05) is 0 Å². The number of hydrogen-bond acceptors (Lipinski definition) is 2. The molecule has 0 N–H and O–H groups in total. The van der Waals surface area contributed by atoms with Crippen molar-refractivity contribution in [2.24, 2.45) is 17.8 Å². The summed E-state index contributed by atoms with van der Waals surface area (Å²) in [5.41, 5.74) is 0.783. The molecule has 2 aliphatic carbocycles. The minimum atomic E-state index is -4.85. The van der Waals surface area contributed by atoms with E-state index in [2.05, 4.69) is 11.7 Å². The predicted molar refractivity (Wildman–Crippen MR) is 138 cm³/mol. The molecule has 2 nitrogen and oxygen atoms in total. The average Bonchev–Trinajstić information content (AvgIpc) is 2.89. The summed E-state index contributed by atoms with van der Waals surface area (Å²) in [5, 5.41) is 0. The van der Waals surface area contributed by atoms with Gasteiger partial charge in [-0.1, -0.05) is 70.4 Å². The van der Waals surface area contributed by atoms with Crippen molar-refractivity contribution in [3.05, 3.63) is 59.7 Å². The number of alkyl halides is 5. The summed E-state index contributed by atoms with van der Waals surface area (Å²) in [4.78, 5) is 0. The third-order valence-corrected chi connectivity index (χ3v) is 8.51. The topological polar surface area (TPSA) is 18.5 Å². The molecule has 2 aliphatic rings. The third kappa shape index (κ3) is 8.34. The first-order valence-electron chi connectivity index (χ1n) is 14.1. The molecule has 2 aromatic rings. The van der Waals surface area contributed by atoms with E-state index in [9.17, 15) is 22.0 Å². The monoisotopic (exact) mass is 538 g/mol. The summed E-state index contributed by atoms with van der Waals surface area (Å²) in [5.74, 6) is 2.29. The van der Waals surface area contributed by atoms with Crippen molar-refractivity contribution in [3.63, 3.8) is 0 Å². The van der Waals surface area contributed by atoms with Gasteiger partial charge < -0.3 is 9.47 Å². The van der Waals surface area contributed by atoms with Crippen molar-refractivity contribution in [3.8, 4) is 11.5 Å². The lowest BCUT2D eigenvalue weighted by Gasteiger charge is -2.32. The molecule has 0 radical (unpaired) electrons. The fourth-order valence-corrected chi connectivity index (χ4v) is 6.34. The molecule has 0 spiro atoms. The molecule has 4 rings (SSSR count). The minimum Gasteiger partial charge on any atom is -0.429 e. The van der Waals surface area contributed by atoms with Gasteiger partial charge in [-0.25, -0.2) is 0 Å². The summed E-state index contributed by atoms with van der Waals surface area (Å²) >= 11 is 0. The Morgan fingerprint density at radius 1 is 0.605 bits per heavy atom. The minimum absolute atomic E-state index is 0.249. The highest BCUT2D eigenvalue weighted by Gasteiger charge is 2.35. The molecule has 0 saturated heterocycles. The molecule has 210 valence electrons. The van der Waals surface area contributed by atoms with Crippen LogP contribution >= 0.6 is 0 Å². The van der Waals surface area contributed by atoms with Gasteiger partial charge in [0.2, 0.25) is 0 Å². The second-order valence-electron chi connectivity index (χ2n) is 11.2. The van der Waals surface area contributed by atoms with Crippen molar-refractivity contribution in [2.75, 3.05) is 0 Å². The fourth-order valence-electron chi connectivity index (χ4n) is 6.34. The Morgan fingerprint density at radius 2 is 1.05 bits per heavy atom. The average molecular weight is 539 g/mol. The van der Waals surface area contributed by atoms with Crippen molar-refractivity contribution >= 4 is 0 Å². The second-order valence-corrected chi connectivity index (χ2v) is 11.2. The lowest BCUT2D eigenvalue weighted by atomic mass is 9.74. The number of ether oxygens (including phenoxy) is 2. The molecular formula is C31H39F5O2. The van der Waals surface area contributed by atoms with Gasteiger partial charge in [0.1, 0.15) is 11.5 Å². The van der Waals surface area contributed by atoms with Gasteiger partial charge in [-0.2, -0.15) is 8.78 Å². The lowest BCUT2D eigenvalue weighted by Crippen LogP contribution is -2.22. The number of halogens is 5. The van der Waals surface area contributed by atoms with E-state index in [0.29, 0.717) is 5.92 Å². The van der Waals surface area contributed by atoms with Gasteiger partial charge in [0.15, 0.2) is 0 Å². The molecule has 0 aliphatic heterocycles. The summed E-state index contributed by atoms with van der Waals surface area (Å²) in [6.45, 7) is 2.28. The van der Waals surface area contributed by atoms with Gasteiger partial charge in [0.05, 0.1) is 5.56 Å². The first kappa shape index (κ1) is 28.7. The van der Waals surface area contributed by atoms with Crippen LogP contribution in [-0.2, 0) is 6.11 Å². The van der Waals surface area contributed by atoms with Gasteiger partial charge in [0.25, 0.3) is 0 Å². The van der Waals surface area contributed by atoms with Crippen LogP contribution in [0.25, 0.3) is 0 Å². The van der Waals surface area contributed by atoms with Crippen LogP contribution < -0.4 is 9.47 Å². The van der Waals surface area contributed by atoms with Crippen LogP contribution in [0, 0.1) is 17.8 Å². The Balaban J connectivity index is 1.22. The number of benzene rings is 2. The molecule has 0 unspecified atom stereocenters. The van der Waals surface area contributed by atoms with Crippen LogP contribution in [0.5, 0.6) is 11.5 Å². The summed E-state index contributed by atoms with van der Waals surface area (Å²) in [6, 6.07) is 10.2.